The van der Waals surface area contributed by atoms with Gasteiger partial charge in [-0.2, -0.15) is 4.98 Å². The Morgan fingerprint density at radius 2 is 1.64 bits per heavy atom. The van der Waals surface area contributed by atoms with Crippen molar-refractivity contribution < 1.29 is 9.15 Å². The smallest absolute Gasteiger partial charge is 0.400 e. The third-order valence-corrected chi connectivity index (χ3v) is 3.95. The van der Waals surface area contributed by atoms with E-state index < -0.39 is 0 Å². The lowest BCUT2D eigenvalue weighted by molar-refractivity contribution is 0.343. The van der Waals surface area contributed by atoms with Gasteiger partial charge in [-0.15, -0.1) is 0 Å². The highest BCUT2D eigenvalue weighted by Gasteiger charge is 2.07. The first-order valence-electron chi connectivity index (χ1n) is 8.27. The molecule has 0 unspecified atom stereocenters. The van der Waals surface area contributed by atoms with E-state index in [4.69, 9.17) is 9.15 Å². The fourth-order valence-corrected chi connectivity index (χ4v) is 2.63. The maximum atomic E-state index is 5.71. The first kappa shape index (κ1) is 15.3. The zero-order valence-electron chi connectivity index (χ0n) is 13.7. The number of hydrogen-bond donors (Lipinski definition) is 0. The van der Waals surface area contributed by atoms with E-state index in [2.05, 4.69) is 34.4 Å². The highest BCUT2D eigenvalue weighted by molar-refractivity contribution is 5.72. The number of hydrogen-bond acceptors (Lipinski definition) is 4. The SMILES string of the molecule is C1=CC=CN(CCc2ccc(Oc3nc4ccccc4o3)cc2)C=C1. The molecule has 0 bridgehead atoms. The van der Waals surface area contributed by atoms with E-state index in [1.165, 1.54) is 5.56 Å². The molecule has 0 amide bonds. The van der Waals surface area contributed by atoms with Crippen LogP contribution in [0, 0.1) is 0 Å². The number of fused-ring (bicyclic) bond motifs is 1. The summed E-state index contributed by atoms with van der Waals surface area (Å²) >= 11 is 0. The van der Waals surface area contributed by atoms with Gasteiger partial charge in [0, 0.05) is 18.9 Å². The van der Waals surface area contributed by atoms with Crippen LogP contribution in [0.4, 0.5) is 0 Å². The van der Waals surface area contributed by atoms with Crippen molar-refractivity contribution in [3.8, 4) is 11.8 Å². The summed E-state index contributed by atoms with van der Waals surface area (Å²) < 4.78 is 11.3. The molecule has 3 aromatic rings. The average molecular weight is 330 g/mol. The number of nitrogens with zero attached hydrogens (tertiary/aromatic N) is 2. The summed E-state index contributed by atoms with van der Waals surface area (Å²) in [6.07, 6.45) is 13.5. The monoisotopic (exact) mass is 330 g/mol. The first-order chi connectivity index (χ1) is 12.4. The molecule has 0 N–H and O–H groups in total. The summed E-state index contributed by atoms with van der Waals surface area (Å²) in [6, 6.07) is 15.6. The van der Waals surface area contributed by atoms with Gasteiger partial charge in [0.05, 0.1) is 0 Å². The molecule has 25 heavy (non-hydrogen) atoms. The van der Waals surface area contributed by atoms with Crippen LogP contribution in [0.25, 0.3) is 11.1 Å². The van der Waals surface area contributed by atoms with Gasteiger partial charge in [-0.1, -0.05) is 36.4 Å². The number of oxazole rings is 1. The number of para-hydroxylation sites is 2. The highest BCUT2D eigenvalue weighted by Crippen LogP contribution is 2.25. The number of ether oxygens (including phenoxy) is 1. The normalized spacial score (nSPS) is 13.4. The molecule has 0 fully saturated rings. The highest BCUT2D eigenvalue weighted by atomic mass is 16.6. The first-order valence-corrected chi connectivity index (χ1v) is 8.27. The van der Waals surface area contributed by atoms with Crippen LogP contribution < -0.4 is 4.74 Å². The van der Waals surface area contributed by atoms with Crippen molar-refractivity contribution in [1.29, 1.82) is 0 Å². The van der Waals surface area contributed by atoms with Crippen molar-refractivity contribution in [2.75, 3.05) is 6.54 Å². The van der Waals surface area contributed by atoms with Gasteiger partial charge in [0.1, 0.15) is 11.3 Å². The number of aromatic nitrogens is 1. The van der Waals surface area contributed by atoms with E-state index >= 15 is 0 Å². The Bertz CT molecular complexity index is 887. The van der Waals surface area contributed by atoms with Gasteiger partial charge in [-0.3, -0.25) is 0 Å². The van der Waals surface area contributed by atoms with Crippen molar-refractivity contribution in [2.24, 2.45) is 0 Å². The summed E-state index contributed by atoms with van der Waals surface area (Å²) in [4.78, 5) is 6.49. The number of rotatable bonds is 5. The minimum Gasteiger partial charge on any atom is -0.411 e. The van der Waals surface area contributed by atoms with Crippen molar-refractivity contribution in [1.82, 2.24) is 9.88 Å². The number of benzene rings is 2. The minimum atomic E-state index is 0.265. The van der Waals surface area contributed by atoms with Gasteiger partial charge >= 0.3 is 6.08 Å². The van der Waals surface area contributed by atoms with Gasteiger partial charge < -0.3 is 14.1 Å². The topological polar surface area (TPSA) is 38.5 Å². The molecule has 2 heterocycles. The Labute approximate surface area is 146 Å². The van der Waals surface area contributed by atoms with Crippen molar-refractivity contribution in [3.63, 3.8) is 0 Å². The van der Waals surface area contributed by atoms with Crippen molar-refractivity contribution >= 4 is 11.1 Å². The molecule has 1 aliphatic rings. The third kappa shape index (κ3) is 3.80. The van der Waals surface area contributed by atoms with Crippen LogP contribution in [-0.2, 0) is 6.42 Å². The molecule has 0 spiro atoms. The summed E-state index contributed by atoms with van der Waals surface area (Å²) in [5.41, 5.74) is 2.77. The van der Waals surface area contributed by atoms with Gasteiger partial charge in [0.2, 0.25) is 0 Å². The minimum absolute atomic E-state index is 0.265. The van der Waals surface area contributed by atoms with Crippen LogP contribution in [0.3, 0.4) is 0 Å². The van der Waals surface area contributed by atoms with Crippen LogP contribution in [-0.4, -0.2) is 16.4 Å². The molecule has 4 rings (SSSR count). The zero-order chi connectivity index (χ0) is 16.9. The van der Waals surface area contributed by atoms with E-state index in [1.807, 2.05) is 60.7 Å². The predicted octanol–water partition coefficient (Wildman–Crippen LogP) is 5.06. The molecule has 1 aliphatic heterocycles. The summed E-state index contributed by atoms with van der Waals surface area (Å²) in [6.45, 7) is 0.931. The van der Waals surface area contributed by atoms with Gasteiger partial charge in [0.25, 0.3) is 0 Å². The standard InChI is InChI=1S/C21H18N2O2/c1-2-6-15-23(14-5-1)16-13-17-9-11-18(12-10-17)24-21-22-19-7-3-4-8-20(19)25-21/h1-12,14-15H,13,16H2. The predicted molar refractivity (Wildman–Crippen MR) is 98.4 cm³/mol. The molecule has 4 heteroatoms. The Morgan fingerprint density at radius 3 is 2.40 bits per heavy atom. The molecule has 0 saturated carbocycles. The molecule has 0 radical (unpaired) electrons. The molecule has 2 aromatic carbocycles. The largest absolute Gasteiger partial charge is 0.411 e. The van der Waals surface area contributed by atoms with E-state index in [0.29, 0.717) is 5.75 Å². The average Bonchev–Trinajstić information content (AvgIpc) is 2.86. The quantitative estimate of drug-likeness (QED) is 0.655. The lowest BCUT2D eigenvalue weighted by Gasteiger charge is -2.14. The molecule has 0 atom stereocenters. The maximum Gasteiger partial charge on any atom is 0.400 e. The van der Waals surface area contributed by atoms with E-state index in [9.17, 15) is 0 Å². The Morgan fingerprint density at radius 1 is 0.880 bits per heavy atom. The summed E-state index contributed by atoms with van der Waals surface area (Å²) in [5, 5.41) is 0. The fraction of sp³-hybridized carbons (Fsp3) is 0.0952. The summed E-state index contributed by atoms with van der Waals surface area (Å²) in [5.74, 6) is 0.717. The third-order valence-electron chi connectivity index (χ3n) is 3.95. The van der Waals surface area contributed by atoms with Gasteiger partial charge in [0.15, 0.2) is 5.58 Å². The molecular formula is C21H18N2O2. The second-order valence-corrected chi connectivity index (χ2v) is 5.75. The second-order valence-electron chi connectivity index (χ2n) is 5.75. The maximum absolute atomic E-state index is 5.71. The second kappa shape index (κ2) is 7.09. The van der Waals surface area contributed by atoms with Crippen LogP contribution in [0.2, 0.25) is 0 Å². The zero-order valence-corrected chi connectivity index (χ0v) is 13.7. The molecule has 4 nitrogen and oxygen atoms in total. The molecular weight excluding hydrogens is 312 g/mol. The van der Waals surface area contributed by atoms with Crippen molar-refractivity contribution in [2.45, 2.75) is 6.42 Å². The molecule has 1 aromatic heterocycles. The van der Waals surface area contributed by atoms with Crippen LogP contribution >= 0.6 is 0 Å². The van der Waals surface area contributed by atoms with E-state index in [0.717, 1.165) is 24.1 Å². The van der Waals surface area contributed by atoms with Crippen LogP contribution in [0.15, 0.2) is 89.7 Å². The Hall–Kier alpha value is -3.27. The fourth-order valence-electron chi connectivity index (χ4n) is 2.63. The molecule has 0 saturated heterocycles. The van der Waals surface area contributed by atoms with Crippen molar-refractivity contribution in [3.05, 3.63) is 90.8 Å². The van der Waals surface area contributed by atoms with Crippen LogP contribution in [0.1, 0.15) is 5.56 Å². The molecule has 0 aliphatic carbocycles. The van der Waals surface area contributed by atoms with Gasteiger partial charge in [-0.05, 0) is 48.4 Å². The Balaban J connectivity index is 1.38. The van der Waals surface area contributed by atoms with Gasteiger partial charge in [-0.25, -0.2) is 0 Å². The number of allylic oxidation sites excluding steroid dienone is 4. The lowest BCUT2D eigenvalue weighted by Crippen LogP contribution is -2.12. The summed E-state index contributed by atoms with van der Waals surface area (Å²) in [7, 11) is 0. The van der Waals surface area contributed by atoms with E-state index in [1.54, 1.807) is 0 Å². The Kier molecular flexibility index (Phi) is 4.33. The lowest BCUT2D eigenvalue weighted by atomic mass is 10.1. The van der Waals surface area contributed by atoms with E-state index in [-0.39, 0.29) is 6.08 Å². The molecule has 124 valence electrons. The van der Waals surface area contributed by atoms with Crippen LogP contribution in [0.5, 0.6) is 11.8 Å².